The molecule has 0 saturated carbocycles. The fourth-order valence-electron chi connectivity index (χ4n) is 1.91. The zero-order chi connectivity index (χ0) is 14.0. The molecule has 19 heavy (non-hydrogen) atoms. The van der Waals surface area contributed by atoms with E-state index in [4.69, 9.17) is 11.6 Å². The van der Waals surface area contributed by atoms with Gasteiger partial charge in [0.05, 0.1) is 16.9 Å². The van der Waals surface area contributed by atoms with Gasteiger partial charge in [-0.3, -0.25) is 4.68 Å². The number of aromatic nitrogens is 2. The van der Waals surface area contributed by atoms with Crippen LogP contribution >= 0.6 is 43.5 Å². The Morgan fingerprint density at radius 1 is 1.42 bits per heavy atom. The van der Waals surface area contributed by atoms with E-state index >= 15 is 0 Å². The molecule has 102 valence electrons. The second-order valence-electron chi connectivity index (χ2n) is 4.17. The summed E-state index contributed by atoms with van der Waals surface area (Å²) in [5.41, 5.74) is 1.39. The third-order valence-corrected chi connectivity index (χ3v) is 4.29. The van der Waals surface area contributed by atoms with Crippen LogP contribution in [0, 0.1) is 0 Å². The van der Waals surface area contributed by atoms with E-state index in [0.717, 1.165) is 27.5 Å². The lowest BCUT2D eigenvalue weighted by molar-refractivity contribution is 0.206. The van der Waals surface area contributed by atoms with Gasteiger partial charge < -0.3 is 5.11 Å². The molecule has 0 fully saturated rings. The molecule has 1 unspecified atom stereocenters. The van der Waals surface area contributed by atoms with E-state index in [9.17, 15) is 5.11 Å². The van der Waals surface area contributed by atoms with Crippen LogP contribution in [0.5, 0.6) is 0 Å². The average Bonchev–Trinajstić information content (AvgIpc) is 2.73. The van der Waals surface area contributed by atoms with Crippen molar-refractivity contribution >= 4 is 43.5 Å². The standard InChI is InChI=1S/C13H13Br2ClN2O/c1-2-5-18-12(11(16)7-17-18)13(19)9-6-8(14)3-4-10(9)15/h3-4,6-7,13,19H,2,5H2,1H3. The second-order valence-corrected chi connectivity index (χ2v) is 6.35. The number of nitrogens with zero attached hydrogens (tertiary/aromatic N) is 2. The Balaban J connectivity index is 2.46. The highest BCUT2D eigenvalue weighted by atomic mass is 79.9. The van der Waals surface area contributed by atoms with Crippen LogP contribution in [0.1, 0.15) is 30.7 Å². The van der Waals surface area contributed by atoms with E-state index in [1.807, 2.05) is 18.2 Å². The summed E-state index contributed by atoms with van der Waals surface area (Å²) >= 11 is 13.0. The highest BCUT2D eigenvalue weighted by molar-refractivity contribution is 9.11. The van der Waals surface area contributed by atoms with Gasteiger partial charge in [0.2, 0.25) is 0 Å². The third kappa shape index (κ3) is 3.21. The van der Waals surface area contributed by atoms with Crippen molar-refractivity contribution in [2.45, 2.75) is 26.0 Å². The van der Waals surface area contributed by atoms with Gasteiger partial charge in [-0.2, -0.15) is 5.10 Å². The maximum atomic E-state index is 10.6. The van der Waals surface area contributed by atoms with E-state index in [1.165, 1.54) is 0 Å². The molecule has 3 nitrogen and oxygen atoms in total. The Labute approximate surface area is 133 Å². The molecule has 0 aliphatic carbocycles. The summed E-state index contributed by atoms with van der Waals surface area (Å²) in [5, 5.41) is 15.3. The molecule has 0 saturated heterocycles. The van der Waals surface area contributed by atoms with Crippen molar-refractivity contribution in [3.63, 3.8) is 0 Å². The molecule has 6 heteroatoms. The average molecular weight is 409 g/mol. The van der Waals surface area contributed by atoms with Crippen LogP contribution in [0.4, 0.5) is 0 Å². The molecule has 0 spiro atoms. The topological polar surface area (TPSA) is 38.0 Å². The molecule has 1 N–H and O–H groups in total. The van der Waals surface area contributed by atoms with Gasteiger partial charge in [0.1, 0.15) is 6.10 Å². The number of halogens is 3. The number of hydrogen-bond acceptors (Lipinski definition) is 2. The van der Waals surface area contributed by atoms with E-state index < -0.39 is 6.10 Å². The number of aliphatic hydroxyl groups excluding tert-OH is 1. The van der Waals surface area contributed by atoms with Gasteiger partial charge in [0, 0.05) is 21.1 Å². The fraction of sp³-hybridized carbons (Fsp3) is 0.308. The third-order valence-electron chi connectivity index (χ3n) is 2.78. The predicted octanol–water partition coefficient (Wildman–Crippen LogP) is 4.55. The minimum atomic E-state index is -0.812. The number of hydrogen-bond donors (Lipinski definition) is 1. The lowest BCUT2D eigenvalue weighted by Crippen LogP contribution is -2.11. The Morgan fingerprint density at radius 3 is 2.84 bits per heavy atom. The van der Waals surface area contributed by atoms with E-state index in [1.54, 1.807) is 10.9 Å². The van der Waals surface area contributed by atoms with E-state index in [2.05, 4.69) is 43.9 Å². The monoisotopic (exact) mass is 406 g/mol. The van der Waals surface area contributed by atoms with Crippen molar-refractivity contribution in [2.75, 3.05) is 0 Å². The molecule has 1 heterocycles. The van der Waals surface area contributed by atoms with Crippen molar-refractivity contribution in [3.05, 3.63) is 49.6 Å². The second kappa shape index (κ2) is 6.39. The Morgan fingerprint density at radius 2 is 2.16 bits per heavy atom. The summed E-state index contributed by atoms with van der Waals surface area (Å²) in [4.78, 5) is 0. The minimum absolute atomic E-state index is 0.479. The lowest BCUT2D eigenvalue weighted by atomic mass is 10.1. The van der Waals surface area contributed by atoms with Crippen LogP contribution in [0.3, 0.4) is 0 Å². The SMILES string of the molecule is CCCn1ncc(Cl)c1C(O)c1cc(Br)ccc1Br. The summed E-state index contributed by atoms with van der Waals surface area (Å²) in [6, 6.07) is 5.66. The zero-order valence-electron chi connectivity index (χ0n) is 10.3. The van der Waals surface area contributed by atoms with Crippen LogP contribution in [0.2, 0.25) is 5.02 Å². The maximum absolute atomic E-state index is 10.6. The van der Waals surface area contributed by atoms with Crippen LogP contribution in [-0.2, 0) is 6.54 Å². The Kier molecular flexibility index (Phi) is 5.06. The molecule has 1 atom stereocenters. The normalized spacial score (nSPS) is 12.7. The fourth-order valence-corrected chi connectivity index (χ4v) is 2.99. The first kappa shape index (κ1) is 15.0. The summed E-state index contributed by atoms with van der Waals surface area (Å²) in [6.45, 7) is 2.78. The zero-order valence-corrected chi connectivity index (χ0v) is 14.2. The summed E-state index contributed by atoms with van der Waals surface area (Å²) in [7, 11) is 0. The summed E-state index contributed by atoms with van der Waals surface area (Å²) in [6.07, 6.45) is 1.69. The van der Waals surface area contributed by atoms with Crippen LogP contribution in [0.25, 0.3) is 0 Å². The minimum Gasteiger partial charge on any atom is -0.382 e. The van der Waals surface area contributed by atoms with Gasteiger partial charge >= 0.3 is 0 Å². The molecule has 0 amide bonds. The first-order valence-electron chi connectivity index (χ1n) is 5.88. The van der Waals surface area contributed by atoms with Gasteiger partial charge in [-0.25, -0.2) is 0 Å². The molecule has 2 rings (SSSR count). The first-order valence-corrected chi connectivity index (χ1v) is 7.85. The number of rotatable bonds is 4. The van der Waals surface area contributed by atoms with E-state index in [0.29, 0.717) is 10.7 Å². The summed E-state index contributed by atoms with van der Waals surface area (Å²) in [5.74, 6) is 0. The van der Waals surface area contributed by atoms with Crippen molar-refractivity contribution in [3.8, 4) is 0 Å². The van der Waals surface area contributed by atoms with Gasteiger partial charge in [0.25, 0.3) is 0 Å². The number of aryl methyl sites for hydroxylation is 1. The molecule has 0 radical (unpaired) electrons. The van der Waals surface area contributed by atoms with Crippen LogP contribution < -0.4 is 0 Å². The van der Waals surface area contributed by atoms with Crippen molar-refractivity contribution in [2.24, 2.45) is 0 Å². The van der Waals surface area contributed by atoms with Crippen molar-refractivity contribution < 1.29 is 5.11 Å². The molecule has 0 bridgehead atoms. The maximum Gasteiger partial charge on any atom is 0.123 e. The van der Waals surface area contributed by atoms with Gasteiger partial charge in [-0.05, 0) is 24.6 Å². The highest BCUT2D eigenvalue weighted by Gasteiger charge is 2.21. The largest absolute Gasteiger partial charge is 0.382 e. The molecule has 2 aromatic rings. The predicted molar refractivity (Wildman–Crippen MR) is 83.4 cm³/mol. The van der Waals surface area contributed by atoms with Gasteiger partial charge in [-0.1, -0.05) is 50.4 Å². The smallest absolute Gasteiger partial charge is 0.123 e. The molecular formula is C13H13Br2ClN2O. The lowest BCUT2D eigenvalue weighted by Gasteiger charge is -2.16. The molecule has 1 aromatic carbocycles. The van der Waals surface area contributed by atoms with E-state index in [-0.39, 0.29) is 0 Å². The van der Waals surface area contributed by atoms with Gasteiger partial charge in [0.15, 0.2) is 0 Å². The van der Waals surface area contributed by atoms with Crippen molar-refractivity contribution in [1.82, 2.24) is 9.78 Å². The van der Waals surface area contributed by atoms with Gasteiger partial charge in [-0.15, -0.1) is 0 Å². The quantitative estimate of drug-likeness (QED) is 0.806. The molecule has 0 aliphatic rings. The number of aliphatic hydroxyl groups is 1. The molecular weight excluding hydrogens is 395 g/mol. The Bertz CT molecular complexity index is 586. The number of benzene rings is 1. The van der Waals surface area contributed by atoms with Crippen LogP contribution in [0.15, 0.2) is 33.3 Å². The Hall–Kier alpha value is -0.360. The molecule has 0 aliphatic heterocycles. The highest BCUT2D eigenvalue weighted by Crippen LogP contribution is 2.34. The molecule has 1 aromatic heterocycles. The summed E-state index contributed by atoms with van der Waals surface area (Å²) < 4.78 is 3.49. The van der Waals surface area contributed by atoms with Crippen molar-refractivity contribution in [1.29, 1.82) is 0 Å². The van der Waals surface area contributed by atoms with Crippen LogP contribution in [-0.4, -0.2) is 14.9 Å². The first-order chi connectivity index (χ1) is 9.04.